The molecule has 0 aromatic heterocycles. The van der Waals surface area contributed by atoms with E-state index in [0.29, 0.717) is 13.0 Å². The zero-order chi connectivity index (χ0) is 14.0. The second kappa shape index (κ2) is 9.41. The molecule has 0 aliphatic heterocycles. The third kappa shape index (κ3) is 8.51. The van der Waals surface area contributed by atoms with Gasteiger partial charge >= 0.3 is 5.97 Å². The molecular formula is C11H21N3O4. The van der Waals surface area contributed by atoms with E-state index < -0.39 is 17.9 Å². The fourth-order valence-corrected chi connectivity index (χ4v) is 1.42. The number of carbonyl (C=O) groups excluding carboxylic acids is 2. The van der Waals surface area contributed by atoms with Gasteiger partial charge in [-0.3, -0.25) is 9.59 Å². The first-order chi connectivity index (χ1) is 8.47. The normalized spacial score (nSPS) is 11.8. The lowest BCUT2D eigenvalue weighted by Crippen LogP contribution is -2.41. The number of nitrogens with one attached hydrogen (secondary N) is 1. The van der Waals surface area contributed by atoms with Crippen molar-refractivity contribution in [2.75, 3.05) is 6.54 Å². The van der Waals surface area contributed by atoms with Gasteiger partial charge in [0.25, 0.3) is 0 Å². The average molecular weight is 259 g/mol. The Kier molecular flexibility index (Phi) is 8.55. The molecule has 0 aliphatic rings. The van der Waals surface area contributed by atoms with Gasteiger partial charge in [0.1, 0.15) is 6.04 Å². The quantitative estimate of drug-likeness (QED) is 0.386. The van der Waals surface area contributed by atoms with Crippen LogP contribution in [0.1, 0.15) is 38.5 Å². The van der Waals surface area contributed by atoms with Crippen LogP contribution in [0.25, 0.3) is 0 Å². The summed E-state index contributed by atoms with van der Waals surface area (Å²) in [6.45, 7) is 0.581. The highest BCUT2D eigenvalue weighted by Gasteiger charge is 2.19. The molecule has 1 atom stereocenters. The van der Waals surface area contributed by atoms with E-state index in [1.54, 1.807) is 0 Å². The number of carbonyl (C=O) groups is 3. The summed E-state index contributed by atoms with van der Waals surface area (Å²) in [4.78, 5) is 32.8. The van der Waals surface area contributed by atoms with Crippen molar-refractivity contribution in [2.45, 2.75) is 44.6 Å². The molecule has 0 saturated heterocycles. The number of amides is 2. The van der Waals surface area contributed by atoms with E-state index in [9.17, 15) is 14.4 Å². The van der Waals surface area contributed by atoms with Crippen LogP contribution in [0.4, 0.5) is 0 Å². The monoisotopic (exact) mass is 259 g/mol. The third-order valence-corrected chi connectivity index (χ3v) is 2.42. The van der Waals surface area contributed by atoms with Crippen molar-refractivity contribution in [3.05, 3.63) is 0 Å². The minimum absolute atomic E-state index is 0.0131. The van der Waals surface area contributed by atoms with E-state index >= 15 is 0 Å². The Hall–Kier alpha value is -1.63. The van der Waals surface area contributed by atoms with Gasteiger partial charge in [-0.05, 0) is 25.8 Å². The minimum Gasteiger partial charge on any atom is -0.480 e. The lowest BCUT2D eigenvalue weighted by Gasteiger charge is -2.13. The van der Waals surface area contributed by atoms with Crippen molar-refractivity contribution < 1.29 is 19.5 Å². The van der Waals surface area contributed by atoms with E-state index in [1.165, 1.54) is 0 Å². The summed E-state index contributed by atoms with van der Waals surface area (Å²) in [6.07, 6.45) is 2.56. The van der Waals surface area contributed by atoms with Crippen LogP contribution in [0.5, 0.6) is 0 Å². The van der Waals surface area contributed by atoms with Crippen LogP contribution in [0, 0.1) is 0 Å². The smallest absolute Gasteiger partial charge is 0.326 e. The highest BCUT2D eigenvalue weighted by Crippen LogP contribution is 2.02. The Labute approximate surface area is 106 Å². The maximum Gasteiger partial charge on any atom is 0.326 e. The summed E-state index contributed by atoms with van der Waals surface area (Å²) in [5.74, 6) is -2.08. The van der Waals surface area contributed by atoms with Crippen LogP contribution >= 0.6 is 0 Å². The number of hydrogen-bond acceptors (Lipinski definition) is 4. The minimum atomic E-state index is -1.16. The number of primary amides is 1. The molecule has 104 valence electrons. The fraction of sp³-hybridized carbons (Fsp3) is 0.727. The standard InChI is InChI=1S/C11H21N3O4/c12-7-3-1-2-4-10(16)14-8(11(17)18)5-6-9(13)15/h8H,1-7,12H2,(H2,13,15)(H,14,16)(H,17,18)/t8-/m0/s1. The maximum atomic E-state index is 11.4. The SMILES string of the molecule is NCCCCCC(=O)N[C@@H](CCC(N)=O)C(=O)O. The predicted molar refractivity (Wildman–Crippen MR) is 65.5 cm³/mol. The summed E-state index contributed by atoms with van der Waals surface area (Å²) in [7, 11) is 0. The van der Waals surface area contributed by atoms with Crippen molar-refractivity contribution >= 4 is 17.8 Å². The summed E-state index contributed by atoms with van der Waals surface area (Å²) in [5.41, 5.74) is 10.2. The highest BCUT2D eigenvalue weighted by molar-refractivity contribution is 5.84. The summed E-state index contributed by atoms with van der Waals surface area (Å²) in [6, 6.07) is -1.06. The van der Waals surface area contributed by atoms with E-state index in [0.717, 1.165) is 12.8 Å². The number of rotatable bonds is 10. The molecule has 0 radical (unpaired) electrons. The molecule has 18 heavy (non-hydrogen) atoms. The Morgan fingerprint density at radius 2 is 1.78 bits per heavy atom. The molecule has 0 aromatic rings. The van der Waals surface area contributed by atoms with Gasteiger partial charge in [0.05, 0.1) is 0 Å². The molecule has 6 N–H and O–H groups in total. The lowest BCUT2D eigenvalue weighted by molar-refractivity contribution is -0.142. The van der Waals surface area contributed by atoms with Crippen molar-refractivity contribution in [3.63, 3.8) is 0 Å². The topological polar surface area (TPSA) is 136 Å². The van der Waals surface area contributed by atoms with Crippen LogP contribution in [0.2, 0.25) is 0 Å². The van der Waals surface area contributed by atoms with Gasteiger partial charge in [0.15, 0.2) is 0 Å². The highest BCUT2D eigenvalue weighted by atomic mass is 16.4. The molecule has 0 unspecified atom stereocenters. The van der Waals surface area contributed by atoms with Gasteiger partial charge in [0.2, 0.25) is 11.8 Å². The molecule has 2 amide bonds. The van der Waals surface area contributed by atoms with Crippen LogP contribution < -0.4 is 16.8 Å². The molecule has 0 fully saturated rings. The van der Waals surface area contributed by atoms with Gasteiger partial charge in [-0.15, -0.1) is 0 Å². The Morgan fingerprint density at radius 1 is 1.11 bits per heavy atom. The molecule has 0 aliphatic carbocycles. The number of hydrogen-bond donors (Lipinski definition) is 4. The number of nitrogens with two attached hydrogens (primary N) is 2. The lowest BCUT2D eigenvalue weighted by atomic mass is 10.1. The number of carboxylic acid groups (broad SMARTS) is 1. The molecule has 7 nitrogen and oxygen atoms in total. The van der Waals surface area contributed by atoms with E-state index in [4.69, 9.17) is 16.6 Å². The first-order valence-electron chi connectivity index (χ1n) is 5.98. The van der Waals surface area contributed by atoms with Crippen LogP contribution in [-0.4, -0.2) is 35.5 Å². The van der Waals surface area contributed by atoms with Crippen LogP contribution in [0.3, 0.4) is 0 Å². The third-order valence-electron chi connectivity index (χ3n) is 2.42. The zero-order valence-corrected chi connectivity index (χ0v) is 10.4. The first kappa shape index (κ1) is 16.4. The number of aliphatic carboxylic acids is 1. The van der Waals surface area contributed by atoms with Crippen LogP contribution in [0.15, 0.2) is 0 Å². The Balaban J connectivity index is 3.96. The molecule has 0 bridgehead atoms. The van der Waals surface area contributed by atoms with Gasteiger partial charge in [-0.25, -0.2) is 4.79 Å². The summed E-state index contributed by atoms with van der Waals surface area (Å²) >= 11 is 0. The molecule has 0 saturated carbocycles. The second-order valence-corrected chi connectivity index (χ2v) is 4.06. The van der Waals surface area contributed by atoms with Crippen molar-refractivity contribution in [1.29, 1.82) is 0 Å². The maximum absolute atomic E-state index is 11.4. The number of carboxylic acids is 1. The molecule has 0 heterocycles. The molecule has 0 spiro atoms. The van der Waals surface area contributed by atoms with Crippen molar-refractivity contribution in [3.8, 4) is 0 Å². The fourth-order valence-electron chi connectivity index (χ4n) is 1.42. The number of unbranched alkanes of at least 4 members (excludes halogenated alkanes) is 2. The Bertz CT molecular complexity index is 294. The average Bonchev–Trinajstić information content (AvgIpc) is 2.29. The summed E-state index contributed by atoms with van der Waals surface area (Å²) in [5, 5.41) is 11.2. The van der Waals surface area contributed by atoms with Crippen molar-refractivity contribution in [1.82, 2.24) is 5.32 Å². The second-order valence-electron chi connectivity index (χ2n) is 4.06. The zero-order valence-electron chi connectivity index (χ0n) is 10.4. The summed E-state index contributed by atoms with van der Waals surface area (Å²) < 4.78 is 0. The van der Waals surface area contributed by atoms with Gasteiger partial charge in [-0.1, -0.05) is 6.42 Å². The largest absolute Gasteiger partial charge is 0.480 e. The van der Waals surface area contributed by atoms with Gasteiger partial charge in [-0.2, -0.15) is 0 Å². The molecule has 7 heteroatoms. The Morgan fingerprint density at radius 3 is 2.28 bits per heavy atom. The van der Waals surface area contributed by atoms with Gasteiger partial charge in [0, 0.05) is 12.8 Å². The predicted octanol–water partition coefficient (Wildman–Crippen LogP) is -0.660. The first-order valence-corrected chi connectivity index (χ1v) is 5.98. The molecule has 0 rings (SSSR count). The van der Waals surface area contributed by atoms with Gasteiger partial charge < -0.3 is 21.9 Å². The molecular weight excluding hydrogens is 238 g/mol. The van der Waals surface area contributed by atoms with E-state index in [1.807, 2.05) is 0 Å². The van der Waals surface area contributed by atoms with E-state index in [-0.39, 0.29) is 25.2 Å². The van der Waals surface area contributed by atoms with Crippen LogP contribution in [-0.2, 0) is 14.4 Å². The molecule has 0 aromatic carbocycles. The van der Waals surface area contributed by atoms with Crippen molar-refractivity contribution in [2.24, 2.45) is 11.5 Å². The van der Waals surface area contributed by atoms with E-state index in [2.05, 4.69) is 5.32 Å².